The zero-order chi connectivity index (χ0) is 21.3. The Hall–Kier alpha value is -2.91. The number of rotatable bonds is 5. The molecule has 30 heavy (non-hydrogen) atoms. The normalized spacial score (nSPS) is 11.6. The van der Waals surface area contributed by atoms with E-state index >= 15 is 0 Å². The number of thiazole rings is 1. The molecule has 0 bridgehead atoms. The molecule has 0 saturated heterocycles. The zero-order valence-electron chi connectivity index (χ0n) is 15.6. The number of thiophene rings is 1. The third kappa shape index (κ3) is 4.63. The Kier molecular flexibility index (Phi) is 5.48. The third-order valence-corrected chi connectivity index (χ3v) is 6.26. The van der Waals surface area contributed by atoms with Crippen molar-refractivity contribution in [2.24, 2.45) is 0 Å². The molecule has 4 aromatic rings. The number of hydrogen-bond acceptors (Lipinski definition) is 5. The lowest BCUT2D eigenvalue weighted by Gasteiger charge is -2.06. The molecular weight excluding hydrogens is 433 g/mol. The number of amides is 1. The molecule has 154 valence electrons. The smallest absolute Gasteiger partial charge is 0.416 e. The van der Waals surface area contributed by atoms with E-state index in [-0.39, 0.29) is 5.91 Å². The Morgan fingerprint density at radius 2 is 1.83 bits per heavy atom. The first-order valence-corrected chi connectivity index (χ1v) is 10.5. The number of aromatic nitrogens is 1. The first-order valence-electron chi connectivity index (χ1n) is 8.87. The van der Waals surface area contributed by atoms with Crippen molar-refractivity contribution in [1.82, 2.24) is 4.98 Å². The summed E-state index contributed by atoms with van der Waals surface area (Å²) in [5.41, 5.74) is 0.0599. The summed E-state index contributed by atoms with van der Waals surface area (Å²) >= 11 is 2.61. The van der Waals surface area contributed by atoms with Crippen LogP contribution in [0.15, 0.2) is 59.1 Å². The summed E-state index contributed by atoms with van der Waals surface area (Å²) in [4.78, 5) is 18.9. The predicted octanol–water partition coefficient (Wildman–Crippen LogP) is 6.63. The molecule has 9 heteroatoms. The van der Waals surface area contributed by atoms with Gasteiger partial charge in [0, 0.05) is 17.5 Å². The fraction of sp³-hybridized carbons (Fsp3) is 0.143. The molecule has 0 unspecified atom stereocenters. The molecular formula is C21H15F3N2O2S2. The SMILES string of the molecule is Cc1ccc(-c2ccc(C(=O)Nc3ncc(Cc4ccc(C(F)(F)F)cc4)s3)s2)o1. The summed E-state index contributed by atoms with van der Waals surface area (Å²) in [6.45, 7) is 1.86. The lowest BCUT2D eigenvalue weighted by molar-refractivity contribution is -0.137. The number of carbonyl (C=O) groups is 1. The van der Waals surface area contributed by atoms with Gasteiger partial charge in [-0.2, -0.15) is 13.2 Å². The van der Waals surface area contributed by atoms with Gasteiger partial charge in [0.05, 0.1) is 15.3 Å². The Balaban J connectivity index is 1.40. The van der Waals surface area contributed by atoms with E-state index < -0.39 is 11.7 Å². The van der Waals surface area contributed by atoms with Crippen LogP contribution in [0.2, 0.25) is 0 Å². The predicted molar refractivity (Wildman–Crippen MR) is 111 cm³/mol. The standard InChI is InChI=1S/C21H15F3N2O2S2/c1-12-2-7-16(28-12)17-8-9-18(30-17)19(27)26-20-25-11-15(29-20)10-13-3-5-14(6-4-13)21(22,23)24/h2-9,11H,10H2,1H3,(H,25,26,27). The minimum absolute atomic E-state index is 0.273. The van der Waals surface area contributed by atoms with Crippen LogP contribution >= 0.6 is 22.7 Å². The van der Waals surface area contributed by atoms with E-state index in [2.05, 4.69) is 10.3 Å². The number of anilines is 1. The molecule has 3 heterocycles. The summed E-state index contributed by atoms with van der Waals surface area (Å²) in [5, 5.41) is 3.20. The molecule has 0 aliphatic rings. The van der Waals surface area contributed by atoms with Gasteiger partial charge in [0.1, 0.15) is 11.5 Å². The van der Waals surface area contributed by atoms with E-state index in [1.165, 1.54) is 34.8 Å². The fourth-order valence-corrected chi connectivity index (χ4v) is 4.48. The van der Waals surface area contributed by atoms with E-state index in [1.54, 1.807) is 12.3 Å². The van der Waals surface area contributed by atoms with Crippen molar-refractivity contribution in [3.05, 3.63) is 81.4 Å². The first-order chi connectivity index (χ1) is 14.3. The summed E-state index contributed by atoms with van der Waals surface area (Å²) in [6, 6.07) is 12.3. The van der Waals surface area contributed by atoms with Crippen molar-refractivity contribution in [1.29, 1.82) is 0 Å². The summed E-state index contributed by atoms with van der Waals surface area (Å²) in [5.74, 6) is 1.24. The quantitative estimate of drug-likeness (QED) is 0.373. The highest BCUT2D eigenvalue weighted by atomic mass is 32.1. The van der Waals surface area contributed by atoms with Gasteiger partial charge >= 0.3 is 6.18 Å². The minimum atomic E-state index is -4.35. The second-order valence-electron chi connectivity index (χ2n) is 6.53. The van der Waals surface area contributed by atoms with Crippen LogP contribution in [0.1, 0.15) is 31.4 Å². The minimum Gasteiger partial charge on any atom is -0.461 e. The van der Waals surface area contributed by atoms with E-state index in [4.69, 9.17) is 4.42 Å². The summed E-state index contributed by atoms with van der Waals surface area (Å²) < 4.78 is 43.5. The molecule has 4 rings (SSSR count). The van der Waals surface area contributed by atoms with Gasteiger partial charge < -0.3 is 4.42 Å². The Bertz CT molecular complexity index is 1170. The average Bonchev–Trinajstić information content (AvgIpc) is 3.42. The van der Waals surface area contributed by atoms with Crippen molar-refractivity contribution < 1.29 is 22.4 Å². The van der Waals surface area contributed by atoms with Crippen molar-refractivity contribution >= 4 is 33.7 Å². The molecule has 3 aromatic heterocycles. The maximum atomic E-state index is 12.7. The van der Waals surface area contributed by atoms with Gasteiger partial charge in [-0.15, -0.1) is 22.7 Å². The van der Waals surface area contributed by atoms with Crippen LogP contribution in [-0.4, -0.2) is 10.9 Å². The van der Waals surface area contributed by atoms with Crippen molar-refractivity contribution in [3.63, 3.8) is 0 Å². The highest BCUT2D eigenvalue weighted by Gasteiger charge is 2.29. The van der Waals surface area contributed by atoms with Crippen molar-refractivity contribution in [2.75, 3.05) is 5.32 Å². The molecule has 4 nitrogen and oxygen atoms in total. The zero-order valence-corrected chi connectivity index (χ0v) is 17.3. The van der Waals surface area contributed by atoms with E-state index in [1.807, 2.05) is 25.1 Å². The van der Waals surface area contributed by atoms with Crippen LogP contribution < -0.4 is 5.32 Å². The third-order valence-electron chi connectivity index (χ3n) is 4.25. The largest absolute Gasteiger partial charge is 0.461 e. The Morgan fingerprint density at radius 1 is 1.07 bits per heavy atom. The van der Waals surface area contributed by atoms with E-state index in [0.29, 0.717) is 22.2 Å². The molecule has 1 N–H and O–H groups in total. The van der Waals surface area contributed by atoms with E-state index in [0.717, 1.165) is 33.2 Å². The summed E-state index contributed by atoms with van der Waals surface area (Å²) in [6.07, 6.45) is -2.30. The number of hydrogen-bond donors (Lipinski definition) is 1. The number of nitrogens with zero attached hydrogens (tertiary/aromatic N) is 1. The highest BCUT2D eigenvalue weighted by molar-refractivity contribution is 7.18. The van der Waals surface area contributed by atoms with Crippen LogP contribution in [0.4, 0.5) is 18.3 Å². The second kappa shape index (κ2) is 8.08. The average molecular weight is 448 g/mol. The van der Waals surface area contributed by atoms with Gasteiger partial charge in [0.25, 0.3) is 5.91 Å². The van der Waals surface area contributed by atoms with E-state index in [9.17, 15) is 18.0 Å². The molecule has 0 aliphatic carbocycles. The molecule has 0 aliphatic heterocycles. The molecule has 0 saturated carbocycles. The van der Waals surface area contributed by atoms with Crippen LogP contribution in [0.25, 0.3) is 10.6 Å². The molecule has 0 atom stereocenters. The molecule has 0 fully saturated rings. The number of aryl methyl sites for hydroxylation is 1. The van der Waals surface area contributed by atoms with Gasteiger partial charge in [-0.05, 0) is 48.9 Å². The lowest BCUT2D eigenvalue weighted by Crippen LogP contribution is -2.09. The topological polar surface area (TPSA) is 55.1 Å². The van der Waals surface area contributed by atoms with Gasteiger partial charge in [0.2, 0.25) is 0 Å². The number of benzene rings is 1. The number of furan rings is 1. The maximum absolute atomic E-state index is 12.7. The fourth-order valence-electron chi connectivity index (χ4n) is 2.78. The van der Waals surface area contributed by atoms with Crippen molar-refractivity contribution in [3.8, 4) is 10.6 Å². The van der Waals surface area contributed by atoms with Gasteiger partial charge in [-0.3, -0.25) is 10.1 Å². The summed E-state index contributed by atoms with van der Waals surface area (Å²) in [7, 11) is 0. The monoisotopic (exact) mass is 448 g/mol. The molecule has 1 aromatic carbocycles. The first kappa shape index (κ1) is 20.4. The number of carbonyl (C=O) groups excluding carboxylic acids is 1. The molecule has 0 spiro atoms. The van der Waals surface area contributed by atoms with Crippen LogP contribution in [0, 0.1) is 6.92 Å². The Labute approximate surface area is 178 Å². The second-order valence-corrected chi connectivity index (χ2v) is 8.73. The number of alkyl halides is 3. The Morgan fingerprint density at radius 3 is 2.50 bits per heavy atom. The van der Waals surface area contributed by atoms with Crippen LogP contribution in [-0.2, 0) is 12.6 Å². The number of nitrogens with one attached hydrogen (secondary N) is 1. The number of halogens is 3. The van der Waals surface area contributed by atoms with Crippen LogP contribution in [0.3, 0.4) is 0 Å². The van der Waals surface area contributed by atoms with Gasteiger partial charge in [-0.1, -0.05) is 12.1 Å². The lowest BCUT2D eigenvalue weighted by atomic mass is 10.1. The molecule has 1 amide bonds. The van der Waals surface area contributed by atoms with Crippen molar-refractivity contribution in [2.45, 2.75) is 19.5 Å². The maximum Gasteiger partial charge on any atom is 0.416 e. The highest BCUT2D eigenvalue weighted by Crippen LogP contribution is 2.31. The molecule has 0 radical (unpaired) electrons. The van der Waals surface area contributed by atoms with Gasteiger partial charge in [-0.25, -0.2) is 4.98 Å². The van der Waals surface area contributed by atoms with Crippen LogP contribution in [0.5, 0.6) is 0 Å². The van der Waals surface area contributed by atoms with Gasteiger partial charge in [0.15, 0.2) is 5.13 Å².